The molecule has 2 fully saturated rings. The summed E-state index contributed by atoms with van der Waals surface area (Å²) in [5.74, 6) is 6.85. The van der Waals surface area contributed by atoms with Gasteiger partial charge in [-0.05, 0) is 80.2 Å². The van der Waals surface area contributed by atoms with Gasteiger partial charge in [0.25, 0.3) is 0 Å². The van der Waals surface area contributed by atoms with E-state index in [1.54, 1.807) is 0 Å². The van der Waals surface area contributed by atoms with Crippen LogP contribution in [0.1, 0.15) is 119 Å². The summed E-state index contributed by atoms with van der Waals surface area (Å²) in [6, 6.07) is 16.2. The molecular weight excluding hydrogens is 528 g/mol. The molecule has 1 aliphatic heterocycles. The van der Waals surface area contributed by atoms with Crippen molar-refractivity contribution in [2.75, 3.05) is 13.2 Å². The van der Waals surface area contributed by atoms with Crippen LogP contribution in [-0.4, -0.2) is 37.4 Å². The van der Waals surface area contributed by atoms with Crippen LogP contribution in [-0.2, 0) is 28.5 Å². The van der Waals surface area contributed by atoms with Gasteiger partial charge in [-0.3, -0.25) is 0 Å². The molecule has 2 aliphatic rings. The van der Waals surface area contributed by atoms with Crippen molar-refractivity contribution < 1.29 is 28.5 Å². The first-order valence-corrected chi connectivity index (χ1v) is 15.9. The lowest BCUT2D eigenvalue weighted by molar-refractivity contribution is -0.163. The van der Waals surface area contributed by atoms with Gasteiger partial charge in [0.15, 0.2) is 18.5 Å². The fourth-order valence-electron chi connectivity index (χ4n) is 5.65. The second-order valence-corrected chi connectivity index (χ2v) is 11.5. The lowest BCUT2D eigenvalue weighted by Gasteiger charge is -2.28. The zero-order valence-corrected chi connectivity index (χ0v) is 25.4. The van der Waals surface area contributed by atoms with Gasteiger partial charge in [-0.25, -0.2) is 9.59 Å². The summed E-state index contributed by atoms with van der Waals surface area (Å²) in [4.78, 5) is 25.4. The minimum Gasteiger partial charge on any atom is -0.464 e. The zero-order valence-electron chi connectivity index (χ0n) is 25.4. The van der Waals surface area contributed by atoms with E-state index in [1.807, 2.05) is 38.1 Å². The smallest absolute Gasteiger partial charge is 0.338 e. The molecule has 0 aromatic heterocycles. The molecule has 4 rings (SSSR count). The van der Waals surface area contributed by atoms with E-state index in [0.29, 0.717) is 11.5 Å². The first kappa shape index (κ1) is 31.8. The topological polar surface area (TPSA) is 71.1 Å². The Morgan fingerprint density at radius 3 is 1.62 bits per heavy atom. The maximum absolute atomic E-state index is 12.7. The molecule has 2 atom stereocenters. The van der Waals surface area contributed by atoms with Gasteiger partial charge in [-0.15, -0.1) is 0 Å². The third-order valence-corrected chi connectivity index (χ3v) is 8.22. The third-order valence-electron chi connectivity index (χ3n) is 8.22. The second kappa shape index (κ2) is 16.5. The Labute approximate surface area is 251 Å². The molecule has 2 aromatic carbocycles. The number of unbranched alkanes of at least 4 members (excludes halogenated alkanes) is 2. The zero-order chi connectivity index (χ0) is 29.7. The minimum absolute atomic E-state index is 0.271. The van der Waals surface area contributed by atoms with E-state index >= 15 is 0 Å². The van der Waals surface area contributed by atoms with Crippen LogP contribution in [0.2, 0.25) is 0 Å². The van der Waals surface area contributed by atoms with E-state index in [2.05, 4.69) is 43.0 Å². The number of ether oxygens (including phenoxy) is 4. The Kier molecular flexibility index (Phi) is 12.5. The second-order valence-electron chi connectivity index (χ2n) is 11.5. The molecule has 42 heavy (non-hydrogen) atoms. The quantitative estimate of drug-likeness (QED) is 0.147. The van der Waals surface area contributed by atoms with Gasteiger partial charge in [-0.1, -0.05) is 82.6 Å². The Morgan fingerprint density at radius 1 is 0.690 bits per heavy atom. The first-order valence-electron chi connectivity index (χ1n) is 15.9. The van der Waals surface area contributed by atoms with Gasteiger partial charge in [0.2, 0.25) is 0 Å². The maximum Gasteiger partial charge on any atom is 0.338 e. The largest absolute Gasteiger partial charge is 0.464 e. The van der Waals surface area contributed by atoms with Crippen molar-refractivity contribution in [2.45, 2.75) is 109 Å². The van der Waals surface area contributed by atoms with E-state index in [0.717, 1.165) is 42.7 Å². The van der Waals surface area contributed by atoms with Crippen LogP contribution in [0.4, 0.5) is 0 Å². The molecule has 1 saturated carbocycles. The summed E-state index contributed by atoms with van der Waals surface area (Å²) in [6.07, 6.45) is 7.96. The highest BCUT2D eigenvalue weighted by Crippen LogP contribution is 2.37. The Balaban J connectivity index is 1.36. The molecule has 1 heterocycles. The highest BCUT2D eigenvalue weighted by atomic mass is 16.8. The number of rotatable bonds is 12. The van der Waals surface area contributed by atoms with Crippen molar-refractivity contribution >= 4 is 11.9 Å². The van der Waals surface area contributed by atoms with Crippen LogP contribution >= 0.6 is 0 Å². The maximum atomic E-state index is 12.7. The molecule has 1 saturated heterocycles. The van der Waals surface area contributed by atoms with Crippen molar-refractivity contribution in [1.29, 1.82) is 0 Å². The van der Waals surface area contributed by atoms with Gasteiger partial charge in [0, 0.05) is 16.7 Å². The van der Waals surface area contributed by atoms with Crippen LogP contribution in [0, 0.1) is 17.8 Å². The summed E-state index contributed by atoms with van der Waals surface area (Å²) in [5.41, 5.74) is 3.95. The van der Waals surface area contributed by atoms with Crippen molar-refractivity contribution in [3.63, 3.8) is 0 Å². The third kappa shape index (κ3) is 8.93. The van der Waals surface area contributed by atoms with Crippen LogP contribution in [0.15, 0.2) is 48.5 Å². The van der Waals surface area contributed by atoms with E-state index in [4.69, 9.17) is 18.9 Å². The van der Waals surface area contributed by atoms with Gasteiger partial charge in [-0.2, -0.15) is 0 Å². The number of esters is 2. The van der Waals surface area contributed by atoms with Crippen LogP contribution in [0.25, 0.3) is 0 Å². The number of carbonyl (C=O) groups is 2. The minimum atomic E-state index is -1.17. The fourth-order valence-corrected chi connectivity index (χ4v) is 5.65. The van der Waals surface area contributed by atoms with Crippen LogP contribution in [0.5, 0.6) is 0 Å². The summed E-state index contributed by atoms with van der Waals surface area (Å²) in [7, 11) is 0. The number of carbonyl (C=O) groups excluding carboxylic acids is 2. The molecule has 0 spiro atoms. The molecule has 0 N–H and O–H groups in total. The Hall–Kier alpha value is -3.14. The number of benzene rings is 2. The standard InChI is InChI=1S/C36H46O6/c1-4-7-24-39-34(37)32-33(35(38)40-25-8-5-2)42-36(41-32)31-22-16-28(17-23-31)11-10-27-14-20-30(21-15-27)29-18-12-26(9-6-3)13-19-29/h14-17,20-23,26,29,32-33,36H,4-9,12-13,18-19,24-25H2,1-3H3/t26?,29?,32-,33-/m1/s1. The van der Waals surface area contributed by atoms with Crippen LogP contribution < -0.4 is 0 Å². The predicted molar refractivity (Wildman–Crippen MR) is 163 cm³/mol. The van der Waals surface area contributed by atoms with Gasteiger partial charge >= 0.3 is 11.9 Å². The van der Waals surface area contributed by atoms with E-state index in [-0.39, 0.29) is 13.2 Å². The van der Waals surface area contributed by atoms with Crippen LogP contribution in [0.3, 0.4) is 0 Å². The SMILES string of the molecule is CCCCOC(=O)[C@@H]1OC(c2ccc(C#Cc3ccc(C4CCC(CCC)CC4)cc3)cc2)O[C@H]1C(=O)OCCCC. The van der Waals surface area contributed by atoms with Gasteiger partial charge in [0.05, 0.1) is 13.2 Å². The van der Waals surface area contributed by atoms with Gasteiger partial charge in [0.1, 0.15) is 0 Å². The highest BCUT2D eigenvalue weighted by Gasteiger charge is 2.47. The van der Waals surface area contributed by atoms with Crippen molar-refractivity contribution in [1.82, 2.24) is 0 Å². The molecular formula is C36H46O6. The molecule has 1 aliphatic carbocycles. The van der Waals surface area contributed by atoms with E-state index < -0.39 is 30.4 Å². The summed E-state index contributed by atoms with van der Waals surface area (Å²) >= 11 is 0. The van der Waals surface area contributed by atoms with Crippen molar-refractivity contribution in [3.05, 3.63) is 70.8 Å². The Morgan fingerprint density at radius 2 is 1.17 bits per heavy atom. The van der Waals surface area contributed by atoms with Gasteiger partial charge < -0.3 is 18.9 Å². The average molecular weight is 575 g/mol. The molecule has 226 valence electrons. The summed E-state index contributed by atoms with van der Waals surface area (Å²) in [6.45, 7) is 6.85. The number of hydrogen-bond donors (Lipinski definition) is 0. The van der Waals surface area contributed by atoms with Crippen molar-refractivity contribution in [3.8, 4) is 11.8 Å². The summed E-state index contributed by atoms with van der Waals surface area (Å²) < 4.78 is 22.5. The molecule has 0 bridgehead atoms. The Bertz CT molecular complexity index is 1150. The molecule has 0 amide bonds. The normalized spacial score (nSPS) is 22.3. The lowest BCUT2D eigenvalue weighted by atomic mass is 9.77. The average Bonchev–Trinajstić information content (AvgIpc) is 3.47. The summed E-state index contributed by atoms with van der Waals surface area (Å²) in [5, 5.41) is 0. The predicted octanol–water partition coefficient (Wildman–Crippen LogP) is 7.63. The van der Waals surface area contributed by atoms with Crippen molar-refractivity contribution in [2.24, 2.45) is 5.92 Å². The van der Waals surface area contributed by atoms with E-state index in [1.165, 1.54) is 44.1 Å². The lowest BCUT2D eigenvalue weighted by Crippen LogP contribution is -2.39. The monoisotopic (exact) mass is 574 g/mol. The molecule has 2 aromatic rings. The van der Waals surface area contributed by atoms with E-state index in [9.17, 15) is 9.59 Å². The highest BCUT2D eigenvalue weighted by molar-refractivity contribution is 5.86. The molecule has 0 unspecified atom stereocenters. The molecule has 6 nitrogen and oxygen atoms in total. The molecule has 6 heteroatoms. The first-order chi connectivity index (χ1) is 20.5. The fraction of sp³-hybridized carbons (Fsp3) is 0.556. The molecule has 0 radical (unpaired) electrons. The number of hydrogen-bond acceptors (Lipinski definition) is 6.